The molecule has 44 heavy (non-hydrogen) atoms. The highest BCUT2D eigenvalue weighted by molar-refractivity contribution is 6.30. The van der Waals surface area contributed by atoms with E-state index in [1.807, 2.05) is 41.3 Å². The quantitative estimate of drug-likeness (QED) is 0.387. The number of nitrogens with one attached hydrogen (secondary N) is 2. The Morgan fingerprint density at radius 2 is 1.66 bits per heavy atom. The number of piperidine rings is 1. The van der Waals surface area contributed by atoms with Crippen LogP contribution in [0, 0.1) is 11.8 Å². The fraction of sp³-hybridized carbons (Fsp3) is 0.611. The number of likely N-dealkylation sites (tertiary alicyclic amines) is 2. The summed E-state index contributed by atoms with van der Waals surface area (Å²) in [6, 6.07) is 15.8. The molecule has 3 aliphatic heterocycles. The highest BCUT2D eigenvalue weighted by Crippen LogP contribution is 2.32. The zero-order valence-electron chi connectivity index (χ0n) is 26.5. The van der Waals surface area contributed by atoms with Crippen molar-refractivity contribution < 1.29 is 9.59 Å². The third kappa shape index (κ3) is 8.03. The second-order valence-electron chi connectivity index (χ2n) is 14.1. The molecule has 3 atom stereocenters. The first kappa shape index (κ1) is 31.5. The van der Waals surface area contributed by atoms with Gasteiger partial charge in [0.05, 0.1) is 6.04 Å². The van der Waals surface area contributed by atoms with Gasteiger partial charge in [-0.3, -0.25) is 14.5 Å². The van der Waals surface area contributed by atoms with Crippen molar-refractivity contribution in [2.45, 2.75) is 89.5 Å². The third-order valence-corrected chi connectivity index (χ3v) is 10.4. The molecule has 1 aliphatic carbocycles. The van der Waals surface area contributed by atoms with Gasteiger partial charge in [0.1, 0.15) is 6.04 Å². The zero-order valence-corrected chi connectivity index (χ0v) is 27.3. The smallest absolute Gasteiger partial charge is 0.245 e. The lowest BCUT2D eigenvalue weighted by atomic mass is 9.95. The van der Waals surface area contributed by atoms with Gasteiger partial charge < -0.3 is 20.4 Å². The van der Waals surface area contributed by atoms with Gasteiger partial charge in [-0.05, 0) is 92.3 Å². The van der Waals surface area contributed by atoms with Gasteiger partial charge in [0.25, 0.3) is 0 Å². The van der Waals surface area contributed by atoms with Gasteiger partial charge >= 0.3 is 0 Å². The van der Waals surface area contributed by atoms with Crippen LogP contribution in [0.15, 0.2) is 48.5 Å². The maximum absolute atomic E-state index is 14.2. The minimum absolute atomic E-state index is 0.0239. The van der Waals surface area contributed by atoms with Gasteiger partial charge in [0, 0.05) is 56.3 Å². The number of carbonyl (C=O) groups excluding carboxylic acids is 2. The van der Waals surface area contributed by atoms with Gasteiger partial charge in [-0.1, -0.05) is 61.8 Å². The van der Waals surface area contributed by atoms with Crippen LogP contribution in [-0.4, -0.2) is 89.9 Å². The lowest BCUT2D eigenvalue weighted by Crippen LogP contribution is -2.56. The molecule has 4 aliphatic rings. The maximum atomic E-state index is 14.2. The molecule has 0 bridgehead atoms. The highest BCUT2D eigenvalue weighted by atomic mass is 35.5. The van der Waals surface area contributed by atoms with Crippen molar-refractivity contribution >= 4 is 23.4 Å². The summed E-state index contributed by atoms with van der Waals surface area (Å²) < 4.78 is 0. The van der Waals surface area contributed by atoms with E-state index in [1.165, 1.54) is 56.4 Å². The Labute approximate surface area is 268 Å². The molecule has 6 rings (SSSR count). The number of hydrogen-bond acceptors (Lipinski definition) is 5. The average molecular weight is 620 g/mol. The first-order valence-electron chi connectivity index (χ1n) is 16.9. The highest BCUT2D eigenvalue weighted by Gasteiger charge is 2.38. The van der Waals surface area contributed by atoms with Crippen LogP contribution in [0.4, 0.5) is 0 Å². The molecule has 3 fully saturated rings. The molecule has 1 unspecified atom stereocenters. The van der Waals surface area contributed by atoms with Crippen molar-refractivity contribution in [2.24, 2.45) is 11.8 Å². The van der Waals surface area contributed by atoms with E-state index in [1.54, 1.807) is 0 Å². The molecule has 0 spiro atoms. The summed E-state index contributed by atoms with van der Waals surface area (Å²) in [4.78, 5) is 35.2. The average Bonchev–Trinajstić information content (AvgIpc) is 3.71. The van der Waals surface area contributed by atoms with Crippen LogP contribution in [-0.2, 0) is 29.0 Å². The van der Waals surface area contributed by atoms with E-state index < -0.39 is 6.04 Å². The molecule has 0 aromatic heterocycles. The Morgan fingerprint density at radius 1 is 0.955 bits per heavy atom. The second-order valence-corrected chi connectivity index (χ2v) is 14.5. The predicted octanol–water partition coefficient (Wildman–Crippen LogP) is 4.52. The van der Waals surface area contributed by atoms with Gasteiger partial charge in [-0.2, -0.15) is 0 Å². The summed E-state index contributed by atoms with van der Waals surface area (Å²) in [6.45, 7) is 11.5. The Morgan fingerprint density at radius 3 is 2.36 bits per heavy atom. The molecule has 8 heteroatoms. The van der Waals surface area contributed by atoms with E-state index in [0.29, 0.717) is 42.4 Å². The van der Waals surface area contributed by atoms with E-state index in [2.05, 4.69) is 46.4 Å². The molecule has 2 saturated heterocycles. The van der Waals surface area contributed by atoms with Crippen molar-refractivity contribution in [1.29, 1.82) is 0 Å². The van der Waals surface area contributed by atoms with Gasteiger partial charge in [0.2, 0.25) is 11.8 Å². The lowest BCUT2D eigenvalue weighted by Gasteiger charge is -2.42. The number of carbonyl (C=O) groups is 2. The Balaban J connectivity index is 1.12. The largest absolute Gasteiger partial charge is 0.343 e. The molecular formula is C36H50ClN5O2. The minimum atomic E-state index is -0.620. The fourth-order valence-corrected chi connectivity index (χ4v) is 7.64. The summed E-state index contributed by atoms with van der Waals surface area (Å²) in [5.41, 5.74) is 3.41. The molecule has 2 amide bonds. The molecule has 2 aromatic carbocycles. The van der Waals surface area contributed by atoms with Gasteiger partial charge in [-0.25, -0.2) is 0 Å². The second kappa shape index (κ2) is 14.3. The monoisotopic (exact) mass is 619 g/mol. The molecule has 3 heterocycles. The Hall–Kier alpha value is -2.45. The first-order chi connectivity index (χ1) is 21.3. The normalized spacial score (nSPS) is 23.6. The SMILES string of the molecule is CC(C)CN(C1CCN(CC2CC2)CC1)C1CCN(C(=O)[C@@H](Cc2ccc(Cl)cc2)NC(=O)[C@H]2Cc3ccccc3CN2)C1. The standard InChI is InChI=1S/C36H50ClN5O2/c1-25(2)22-42(31-13-16-40(17-14-31)23-27-7-8-27)32-15-18-41(24-32)36(44)34(19-26-9-11-30(37)12-10-26)39-35(43)33-20-28-5-3-4-6-29(28)21-38-33/h3-6,9-12,25,27,31-34,38H,7-8,13-24H2,1-2H3,(H,39,43)/t32?,33-,34-/m1/s1. The van der Waals surface area contributed by atoms with E-state index in [-0.39, 0.29) is 17.9 Å². The maximum Gasteiger partial charge on any atom is 0.245 e. The van der Waals surface area contributed by atoms with Crippen molar-refractivity contribution in [1.82, 2.24) is 25.3 Å². The lowest BCUT2D eigenvalue weighted by molar-refractivity contribution is -0.136. The Kier molecular flexibility index (Phi) is 10.3. The number of benzene rings is 2. The summed E-state index contributed by atoms with van der Waals surface area (Å²) in [5, 5.41) is 7.23. The van der Waals surface area contributed by atoms with Crippen molar-refractivity contribution in [2.75, 3.05) is 39.3 Å². The van der Waals surface area contributed by atoms with Crippen LogP contribution in [0.2, 0.25) is 5.02 Å². The summed E-state index contributed by atoms with van der Waals surface area (Å²) in [7, 11) is 0. The van der Waals surface area contributed by atoms with Crippen molar-refractivity contribution in [3.05, 3.63) is 70.2 Å². The van der Waals surface area contributed by atoms with E-state index in [4.69, 9.17) is 11.6 Å². The number of fused-ring (bicyclic) bond motifs is 1. The van der Waals surface area contributed by atoms with Crippen LogP contribution in [0.5, 0.6) is 0 Å². The summed E-state index contributed by atoms with van der Waals surface area (Å²) in [5.74, 6) is 1.44. The van der Waals surface area contributed by atoms with Crippen LogP contribution in [0.3, 0.4) is 0 Å². The van der Waals surface area contributed by atoms with E-state index >= 15 is 0 Å². The molecule has 2 aromatic rings. The topological polar surface area (TPSA) is 67.9 Å². The number of halogens is 1. The molecular weight excluding hydrogens is 570 g/mol. The fourth-order valence-electron chi connectivity index (χ4n) is 7.52. The van der Waals surface area contributed by atoms with E-state index in [0.717, 1.165) is 37.5 Å². The molecule has 238 valence electrons. The summed E-state index contributed by atoms with van der Waals surface area (Å²) in [6.07, 6.45) is 7.32. The van der Waals surface area contributed by atoms with E-state index in [9.17, 15) is 9.59 Å². The molecule has 7 nitrogen and oxygen atoms in total. The first-order valence-corrected chi connectivity index (χ1v) is 17.3. The van der Waals surface area contributed by atoms with Crippen LogP contribution >= 0.6 is 11.6 Å². The van der Waals surface area contributed by atoms with Crippen LogP contribution in [0.25, 0.3) is 0 Å². The Bertz CT molecular complexity index is 1270. The predicted molar refractivity (Wildman–Crippen MR) is 177 cm³/mol. The van der Waals surface area contributed by atoms with Crippen LogP contribution < -0.4 is 10.6 Å². The number of hydrogen-bond donors (Lipinski definition) is 2. The number of amides is 2. The van der Waals surface area contributed by atoms with Crippen LogP contribution in [0.1, 0.15) is 62.6 Å². The molecule has 0 radical (unpaired) electrons. The van der Waals surface area contributed by atoms with Crippen molar-refractivity contribution in [3.8, 4) is 0 Å². The molecule has 2 N–H and O–H groups in total. The summed E-state index contributed by atoms with van der Waals surface area (Å²) >= 11 is 6.16. The zero-order chi connectivity index (χ0) is 30.6. The molecule has 1 saturated carbocycles. The number of nitrogens with zero attached hydrogens (tertiary/aromatic N) is 3. The van der Waals surface area contributed by atoms with Crippen molar-refractivity contribution in [3.63, 3.8) is 0 Å². The third-order valence-electron chi connectivity index (χ3n) is 10.1. The van der Waals surface area contributed by atoms with Gasteiger partial charge in [0.15, 0.2) is 0 Å². The van der Waals surface area contributed by atoms with Gasteiger partial charge in [-0.15, -0.1) is 0 Å². The number of rotatable bonds is 11. The minimum Gasteiger partial charge on any atom is -0.343 e.